The van der Waals surface area contributed by atoms with E-state index in [0.717, 1.165) is 17.6 Å². The second kappa shape index (κ2) is 6.55. The van der Waals surface area contributed by atoms with Gasteiger partial charge in [-0.3, -0.25) is 0 Å². The molecule has 2 rings (SSSR count). The van der Waals surface area contributed by atoms with Gasteiger partial charge in [-0.1, -0.05) is 48.8 Å². The molecule has 1 atom stereocenters. The van der Waals surface area contributed by atoms with Crippen molar-refractivity contribution in [1.82, 2.24) is 14.9 Å². The molecule has 1 unspecified atom stereocenters. The first-order valence-corrected chi connectivity index (χ1v) is 7.68. The molecule has 1 aromatic carbocycles. The molecule has 3 nitrogen and oxygen atoms in total. The van der Waals surface area contributed by atoms with Crippen LogP contribution in [-0.2, 0) is 13.1 Å². The molecule has 0 spiro atoms. The van der Waals surface area contributed by atoms with Gasteiger partial charge in [0.15, 0.2) is 0 Å². The largest absolute Gasteiger partial charge is 0.336 e. The molecule has 4 heteroatoms. The summed E-state index contributed by atoms with van der Waals surface area (Å²) in [5, 5.41) is 3.67. The van der Waals surface area contributed by atoms with Crippen LogP contribution >= 0.6 is 15.9 Å². The maximum absolute atomic E-state index is 4.12. The molecule has 0 aliphatic heterocycles. The van der Waals surface area contributed by atoms with E-state index in [4.69, 9.17) is 0 Å². The Hall–Kier alpha value is -1.13. The van der Waals surface area contributed by atoms with E-state index in [1.54, 1.807) is 0 Å². The van der Waals surface area contributed by atoms with Crippen LogP contribution in [0.25, 0.3) is 0 Å². The third-order valence-electron chi connectivity index (χ3n) is 3.44. The smallest absolute Gasteiger partial charge is 0.0946 e. The number of benzene rings is 1. The van der Waals surface area contributed by atoms with Gasteiger partial charge >= 0.3 is 0 Å². The fourth-order valence-corrected chi connectivity index (χ4v) is 2.58. The SMILES string of the molecule is CC(C)(C)C(Cn1ccnc1)NCc1cccc(Br)c1. The number of aromatic nitrogens is 2. The van der Waals surface area contributed by atoms with Crippen molar-refractivity contribution in [3.63, 3.8) is 0 Å². The monoisotopic (exact) mass is 335 g/mol. The lowest BCUT2D eigenvalue weighted by Crippen LogP contribution is -2.42. The normalized spacial score (nSPS) is 13.4. The summed E-state index contributed by atoms with van der Waals surface area (Å²) in [6, 6.07) is 8.81. The third kappa shape index (κ3) is 4.46. The molecule has 0 aliphatic rings. The summed E-state index contributed by atoms with van der Waals surface area (Å²) in [6.07, 6.45) is 5.72. The Labute approximate surface area is 129 Å². The van der Waals surface area contributed by atoms with Gasteiger partial charge in [-0.2, -0.15) is 0 Å². The molecule has 0 aliphatic carbocycles. The molecule has 1 N–H and O–H groups in total. The van der Waals surface area contributed by atoms with Crippen molar-refractivity contribution < 1.29 is 0 Å². The highest BCUT2D eigenvalue weighted by Crippen LogP contribution is 2.21. The molecule has 0 bridgehead atoms. The van der Waals surface area contributed by atoms with Gasteiger partial charge in [-0.15, -0.1) is 0 Å². The third-order valence-corrected chi connectivity index (χ3v) is 3.93. The zero-order valence-electron chi connectivity index (χ0n) is 12.3. The van der Waals surface area contributed by atoms with Gasteiger partial charge in [0, 0.05) is 36.0 Å². The average Bonchev–Trinajstić information content (AvgIpc) is 2.86. The second-order valence-electron chi connectivity index (χ2n) is 6.19. The minimum absolute atomic E-state index is 0.191. The molecule has 20 heavy (non-hydrogen) atoms. The summed E-state index contributed by atoms with van der Waals surface area (Å²) < 4.78 is 3.25. The lowest BCUT2D eigenvalue weighted by molar-refractivity contribution is 0.240. The van der Waals surface area contributed by atoms with Crippen LogP contribution in [0.2, 0.25) is 0 Å². The molecule has 2 aromatic rings. The Morgan fingerprint density at radius 1 is 1.35 bits per heavy atom. The summed E-state index contributed by atoms with van der Waals surface area (Å²) in [4.78, 5) is 4.12. The van der Waals surface area contributed by atoms with E-state index in [9.17, 15) is 0 Å². The van der Waals surface area contributed by atoms with Crippen molar-refractivity contribution >= 4 is 15.9 Å². The number of hydrogen-bond acceptors (Lipinski definition) is 2. The summed E-state index contributed by atoms with van der Waals surface area (Å²) in [7, 11) is 0. The Morgan fingerprint density at radius 3 is 2.75 bits per heavy atom. The van der Waals surface area contributed by atoms with E-state index in [1.165, 1.54) is 5.56 Å². The number of nitrogens with zero attached hydrogens (tertiary/aromatic N) is 2. The van der Waals surface area contributed by atoms with E-state index in [0.29, 0.717) is 6.04 Å². The first-order valence-electron chi connectivity index (χ1n) is 6.89. The van der Waals surface area contributed by atoms with Crippen LogP contribution in [0.5, 0.6) is 0 Å². The first-order chi connectivity index (χ1) is 9.45. The van der Waals surface area contributed by atoms with E-state index < -0.39 is 0 Å². The Kier molecular flexibility index (Phi) is 5.00. The van der Waals surface area contributed by atoms with Gasteiger partial charge in [0.2, 0.25) is 0 Å². The van der Waals surface area contributed by atoms with Crippen molar-refractivity contribution in [2.45, 2.75) is 39.9 Å². The van der Waals surface area contributed by atoms with Crippen molar-refractivity contribution in [1.29, 1.82) is 0 Å². The molecule has 0 amide bonds. The molecule has 0 saturated heterocycles. The summed E-state index contributed by atoms with van der Waals surface area (Å²) >= 11 is 3.52. The van der Waals surface area contributed by atoms with Crippen LogP contribution in [0.1, 0.15) is 26.3 Å². The highest BCUT2D eigenvalue weighted by Gasteiger charge is 2.24. The van der Waals surface area contributed by atoms with Gasteiger partial charge < -0.3 is 9.88 Å². The molecule has 108 valence electrons. The Bertz CT molecular complexity index is 529. The Morgan fingerprint density at radius 2 is 2.15 bits per heavy atom. The van der Waals surface area contributed by atoms with Crippen molar-refractivity contribution in [3.05, 3.63) is 53.0 Å². The van der Waals surface area contributed by atoms with Crippen molar-refractivity contribution in [2.75, 3.05) is 0 Å². The molecule has 0 saturated carbocycles. The average molecular weight is 336 g/mol. The Balaban J connectivity index is 2.01. The van der Waals surface area contributed by atoms with E-state index in [1.807, 2.05) is 18.7 Å². The van der Waals surface area contributed by atoms with Gasteiger partial charge in [0.1, 0.15) is 0 Å². The number of hydrogen-bond donors (Lipinski definition) is 1. The van der Waals surface area contributed by atoms with E-state index >= 15 is 0 Å². The van der Waals surface area contributed by atoms with Gasteiger partial charge in [0.25, 0.3) is 0 Å². The van der Waals surface area contributed by atoms with Crippen LogP contribution in [0.15, 0.2) is 47.5 Å². The molecule has 1 aromatic heterocycles. The van der Waals surface area contributed by atoms with Crippen LogP contribution in [0.4, 0.5) is 0 Å². The maximum Gasteiger partial charge on any atom is 0.0946 e. The van der Waals surface area contributed by atoms with Crippen molar-refractivity contribution in [2.24, 2.45) is 5.41 Å². The lowest BCUT2D eigenvalue weighted by Gasteiger charge is -2.32. The minimum Gasteiger partial charge on any atom is -0.336 e. The fourth-order valence-electron chi connectivity index (χ4n) is 2.14. The van der Waals surface area contributed by atoms with Crippen LogP contribution in [0.3, 0.4) is 0 Å². The van der Waals surface area contributed by atoms with Crippen LogP contribution in [-0.4, -0.2) is 15.6 Å². The van der Waals surface area contributed by atoms with Crippen molar-refractivity contribution in [3.8, 4) is 0 Å². The summed E-state index contributed by atoms with van der Waals surface area (Å²) in [5.74, 6) is 0. The molecule has 0 fully saturated rings. The predicted octanol–water partition coefficient (Wildman–Crippen LogP) is 3.85. The number of halogens is 1. The summed E-state index contributed by atoms with van der Waals surface area (Å²) in [5.41, 5.74) is 1.48. The van der Waals surface area contributed by atoms with Gasteiger partial charge in [-0.25, -0.2) is 4.98 Å². The quantitative estimate of drug-likeness (QED) is 0.899. The molecule has 0 radical (unpaired) electrons. The van der Waals surface area contributed by atoms with Gasteiger partial charge in [-0.05, 0) is 23.1 Å². The van der Waals surface area contributed by atoms with Crippen LogP contribution in [0, 0.1) is 5.41 Å². The molecular weight excluding hydrogens is 314 g/mol. The minimum atomic E-state index is 0.191. The number of imidazole rings is 1. The topological polar surface area (TPSA) is 29.9 Å². The van der Waals surface area contributed by atoms with Crippen LogP contribution < -0.4 is 5.32 Å². The van der Waals surface area contributed by atoms with E-state index in [2.05, 4.69) is 75.8 Å². The predicted molar refractivity (Wildman–Crippen MR) is 86.5 cm³/mol. The lowest BCUT2D eigenvalue weighted by atomic mass is 9.86. The molecular formula is C16H22BrN3. The number of rotatable bonds is 5. The second-order valence-corrected chi connectivity index (χ2v) is 7.10. The van der Waals surface area contributed by atoms with E-state index in [-0.39, 0.29) is 5.41 Å². The highest BCUT2D eigenvalue weighted by atomic mass is 79.9. The zero-order valence-corrected chi connectivity index (χ0v) is 13.9. The summed E-state index contributed by atoms with van der Waals surface area (Å²) in [6.45, 7) is 8.60. The maximum atomic E-state index is 4.12. The highest BCUT2D eigenvalue weighted by molar-refractivity contribution is 9.10. The van der Waals surface area contributed by atoms with Gasteiger partial charge in [0.05, 0.1) is 6.33 Å². The zero-order chi connectivity index (χ0) is 14.6. The fraction of sp³-hybridized carbons (Fsp3) is 0.438. The number of nitrogens with one attached hydrogen (secondary N) is 1. The standard InChI is InChI=1S/C16H22BrN3/c1-16(2,3)15(11-20-8-7-18-12-20)19-10-13-5-4-6-14(17)9-13/h4-9,12,15,19H,10-11H2,1-3H3. The molecule has 1 heterocycles. The first kappa shape index (κ1) is 15.3.